The molecule has 120 valence electrons. The number of H-pyrrole nitrogens is 1. The van der Waals surface area contributed by atoms with E-state index in [1.807, 2.05) is 18.4 Å². The maximum atomic E-state index is 11.9. The van der Waals surface area contributed by atoms with Crippen LogP contribution in [0.25, 0.3) is 10.9 Å². The summed E-state index contributed by atoms with van der Waals surface area (Å²) in [4.78, 5) is 19.6. The molecule has 5 nitrogen and oxygen atoms in total. The van der Waals surface area contributed by atoms with Gasteiger partial charge in [-0.1, -0.05) is 6.07 Å². The SMILES string of the molecule is Cc1csc(CNC(=O)NCc2ccc3[nH]c(C)c(C)c3c2)n1. The molecule has 0 saturated heterocycles. The van der Waals surface area contributed by atoms with E-state index in [2.05, 4.69) is 46.6 Å². The molecular weight excluding hydrogens is 308 g/mol. The first-order valence-electron chi connectivity index (χ1n) is 7.53. The molecule has 0 aliphatic heterocycles. The second kappa shape index (κ2) is 6.42. The van der Waals surface area contributed by atoms with E-state index in [4.69, 9.17) is 0 Å². The smallest absolute Gasteiger partial charge is 0.315 e. The van der Waals surface area contributed by atoms with Crippen molar-refractivity contribution in [3.8, 4) is 0 Å². The number of aromatic amines is 1. The number of nitrogens with zero attached hydrogens (tertiary/aromatic N) is 1. The van der Waals surface area contributed by atoms with Crippen LogP contribution in [0.15, 0.2) is 23.6 Å². The van der Waals surface area contributed by atoms with Gasteiger partial charge in [-0.15, -0.1) is 11.3 Å². The molecule has 0 aliphatic rings. The first-order valence-corrected chi connectivity index (χ1v) is 8.41. The minimum absolute atomic E-state index is 0.181. The molecule has 0 atom stereocenters. The van der Waals surface area contributed by atoms with Crippen LogP contribution in [-0.4, -0.2) is 16.0 Å². The predicted octanol–water partition coefficient (Wildman–Crippen LogP) is 3.55. The summed E-state index contributed by atoms with van der Waals surface area (Å²) in [5.41, 5.74) is 5.64. The second-order valence-electron chi connectivity index (χ2n) is 5.67. The van der Waals surface area contributed by atoms with Gasteiger partial charge in [0.1, 0.15) is 5.01 Å². The third-order valence-corrected chi connectivity index (χ3v) is 4.86. The Morgan fingerprint density at radius 2 is 2.00 bits per heavy atom. The Bertz CT molecular complexity index is 850. The highest BCUT2D eigenvalue weighted by Gasteiger charge is 2.06. The van der Waals surface area contributed by atoms with Crippen LogP contribution in [0, 0.1) is 20.8 Å². The Kier molecular flexibility index (Phi) is 4.34. The standard InChI is InChI=1S/C17H20N4OS/c1-10-9-23-16(20-10)8-19-17(22)18-7-13-4-5-15-14(6-13)11(2)12(3)21-15/h4-6,9,21H,7-8H2,1-3H3,(H2,18,19,22). The van der Waals surface area contributed by atoms with Gasteiger partial charge in [0.05, 0.1) is 6.54 Å². The van der Waals surface area contributed by atoms with Crippen molar-refractivity contribution in [1.29, 1.82) is 0 Å². The van der Waals surface area contributed by atoms with Crippen LogP contribution in [0.3, 0.4) is 0 Å². The van der Waals surface area contributed by atoms with Gasteiger partial charge in [0.15, 0.2) is 0 Å². The van der Waals surface area contributed by atoms with E-state index < -0.39 is 0 Å². The fraction of sp³-hybridized carbons (Fsp3) is 0.294. The normalized spacial score (nSPS) is 10.9. The number of aryl methyl sites for hydroxylation is 3. The zero-order chi connectivity index (χ0) is 16.4. The number of fused-ring (bicyclic) bond motifs is 1. The minimum atomic E-state index is -0.181. The number of aromatic nitrogens is 2. The third kappa shape index (κ3) is 3.53. The van der Waals surface area contributed by atoms with Crippen molar-refractivity contribution < 1.29 is 4.79 Å². The van der Waals surface area contributed by atoms with Crippen LogP contribution >= 0.6 is 11.3 Å². The molecule has 3 aromatic rings. The zero-order valence-corrected chi connectivity index (χ0v) is 14.3. The summed E-state index contributed by atoms with van der Waals surface area (Å²) in [6, 6.07) is 6.03. The first kappa shape index (κ1) is 15.6. The van der Waals surface area contributed by atoms with Crippen molar-refractivity contribution in [2.24, 2.45) is 0 Å². The quantitative estimate of drug-likeness (QED) is 0.685. The molecule has 3 rings (SSSR count). The molecule has 0 bridgehead atoms. The maximum absolute atomic E-state index is 11.9. The Hall–Kier alpha value is -2.34. The minimum Gasteiger partial charge on any atom is -0.358 e. The molecule has 2 amide bonds. The van der Waals surface area contributed by atoms with E-state index >= 15 is 0 Å². The van der Waals surface area contributed by atoms with Crippen LogP contribution in [0.4, 0.5) is 4.79 Å². The number of hydrogen-bond acceptors (Lipinski definition) is 3. The van der Waals surface area contributed by atoms with E-state index in [-0.39, 0.29) is 6.03 Å². The van der Waals surface area contributed by atoms with Crippen molar-refractivity contribution in [2.75, 3.05) is 0 Å². The topological polar surface area (TPSA) is 69.8 Å². The molecule has 0 fully saturated rings. The number of amides is 2. The first-order chi connectivity index (χ1) is 11.0. The molecule has 0 unspecified atom stereocenters. The molecule has 0 saturated carbocycles. The number of carbonyl (C=O) groups is 1. The summed E-state index contributed by atoms with van der Waals surface area (Å²) in [6.45, 7) is 7.08. The molecule has 0 spiro atoms. The Morgan fingerprint density at radius 1 is 1.22 bits per heavy atom. The van der Waals surface area contributed by atoms with E-state index in [1.165, 1.54) is 16.6 Å². The van der Waals surface area contributed by atoms with E-state index in [0.29, 0.717) is 13.1 Å². The lowest BCUT2D eigenvalue weighted by atomic mass is 10.1. The fourth-order valence-electron chi connectivity index (χ4n) is 2.50. The number of rotatable bonds is 4. The van der Waals surface area contributed by atoms with E-state index in [0.717, 1.165) is 21.8 Å². The summed E-state index contributed by atoms with van der Waals surface area (Å²) >= 11 is 1.55. The Morgan fingerprint density at radius 3 is 2.74 bits per heavy atom. The van der Waals surface area contributed by atoms with Crippen molar-refractivity contribution in [2.45, 2.75) is 33.9 Å². The number of thiazole rings is 1. The molecule has 3 N–H and O–H groups in total. The molecule has 2 heterocycles. The third-order valence-electron chi connectivity index (χ3n) is 3.89. The highest BCUT2D eigenvalue weighted by Crippen LogP contribution is 2.22. The fourth-order valence-corrected chi connectivity index (χ4v) is 3.21. The molecule has 23 heavy (non-hydrogen) atoms. The summed E-state index contributed by atoms with van der Waals surface area (Å²) in [5.74, 6) is 0. The van der Waals surface area contributed by atoms with Crippen molar-refractivity contribution in [3.63, 3.8) is 0 Å². The molecule has 2 aromatic heterocycles. The average molecular weight is 328 g/mol. The number of carbonyl (C=O) groups excluding carboxylic acids is 1. The van der Waals surface area contributed by atoms with Gasteiger partial charge >= 0.3 is 6.03 Å². The molecular formula is C17H20N4OS. The van der Waals surface area contributed by atoms with Gasteiger partial charge in [0.25, 0.3) is 0 Å². The summed E-state index contributed by atoms with van der Waals surface area (Å²) in [5, 5.41) is 9.81. The van der Waals surface area contributed by atoms with Crippen molar-refractivity contribution >= 4 is 28.3 Å². The largest absolute Gasteiger partial charge is 0.358 e. The van der Waals surface area contributed by atoms with Gasteiger partial charge in [-0.2, -0.15) is 0 Å². The van der Waals surface area contributed by atoms with Crippen LogP contribution in [0.5, 0.6) is 0 Å². The van der Waals surface area contributed by atoms with Gasteiger partial charge in [0, 0.05) is 34.2 Å². The Labute approximate surface area is 139 Å². The monoisotopic (exact) mass is 328 g/mol. The number of nitrogens with one attached hydrogen (secondary N) is 3. The maximum Gasteiger partial charge on any atom is 0.315 e. The van der Waals surface area contributed by atoms with Crippen LogP contribution < -0.4 is 10.6 Å². The van der Waals surface area contributed by atoms with Crippen LogP contribution in [-0.2, 0) is 13.1 Å². The lowest BCUT2D eigenvalue weighted by Gasteiger charge is -2.07. The van der Waals surface area contributed by atoms with E-state index in [1.54, 1.807) is 11.3 Å². The summed E-state index contributed by atoms with van der Waals surface area (Å²) < 4.78 is 0. The van der Waals surface area contributed by atoms with Gasteiger partial charge in [0.2, 0.25) is 0 Å². The lowest BCUT2D eigenvalue weighted by molar-refractivity contribution is 0.240. The molecule has 1 aromatic carbocycles. The van der Waals surface area contributed by atoms with Crippen molar-refractivity contribution in [3.05, 3.63) is 51.1 Å². The van der Waals surface area contributed by atoms with E-state index in [9.17, 15) is 4.79 Å². The van der Waals surface area contributed by atoms with Gasteiger partial charge in [-0.3, -0.25) is 0 Å². The number of benzene rings is 1. The molecule has 0 aliphatic carbocycles. The van der Waals surface area contributed by atoms with Gasteiger partial charge in [-0.25, -0.2) is 9.78 Å². The van der Waals surface area contributed by atoms with Gasteiger partial charge < -0.3 is 15.6 Å². The summed E-state index contributed by atoms with van der Waals surface area (Å²) in [7, 11) is 0. The predicted molar refractivity (Wildman–Crippen MR) is 93.7 cm³/mol. The highest BCUT2D eigenvalue weighted by atomic mass is 32.1. The number of urea groups is 1. The van der Waals surface area contributed by atoms with Crippen molar-refractivity contribution in [1.82, 2.24) is 20.6 Å². The molecule has 6 heteroatoms. The zero-order valence-electron chi connectivity index (χ0n) is 13.5. The van der Waals surface area contributed by atoms with Crippen LogP contribution in [0.2, 0.25) is 0 Å². The number of hydrogen-bond donors (Lipinski definition) is 3. The second-order valence-corrected chi connectivity index (χ2v) is 6.62. The average Bonchev–Trinajstić information content (AvgIpc) is 3.07. The van der Waals surface area contributed by atoms with Gasteiger partial charge in [-0.05, 0) is 44.0 Å². The Balaban J connectivity index is 1.57. The van der Waals surface area contributed by atoms with Crippen LogP contribution in [0.1, 0.15) is 27.5 Å². The lowest BCUT2D eigenvalue weighted by Crippen LogP contribution is -2.34. The highest BCUT2D eigenvalue weighted by molar-refractivity contribution is 7.09. The molecule has 0 radical (unpaired) electrons. The summed E-state index contributed by atoms with van der Waals surface area (Å²) in [6.07, 6.45) is 0.